The first-order valence-corrected chi connectivity index (χ1v) is 4.58. The van der Waals surface area contributed by atoms with Crippen molar-refractivity contribution in [1.82, 2.24) is 5.32 Å². The van der Waals surface area contributed by atoms with Crippen LogP contribution in [0.4, 0.5) is 0 Å². The Hall–Kier alpha value is -0.570. The Morgan fingerprint density at radius 2 is 2.42 bits per heavy atom. The maximum Gasteiger partial charge on any atom is 0.220 e. The average Bonchev–Trinajstić information content (AvgIpc) is 2.31. The van der Waals surface area contributed by atoms with Crippen LogP contribution in [0.15, 0.2) is 0 Å². The van der Waals surface area contributed by atoms with Gasteiger partial charge < -0.3 is 10.4 Å². The summed E-state index contributed by atoms with van der Waals surface area (Å²) in [6.07, 6.45) is 3.19. The highest BCUT2D eigenvalue weighted by atomic mass is 16.3. The minimum Gasteiger partial charge on any atom is -0.388 e. The molecule has 1 aliphatic carbocycles. The highest BCUT2D eigenvalue weighted by Crippen LogP contribution is 2.29. The van der Waals surface area contributed by atoms with Crippen molar-refractivity contribution in [2.45, 2.75) is 51.2 Å². The van der Waals surface area contributed by atoms with Crippen LogP contribution in [0.2, 0.25) is 0 Å². The first-order valence-electron chi connectivity index (χ1n) is 4.58. The van der Waals surface area contributed by atoms with Crippen LogP contribution in [0.1, 0.15) is 39.5 Å². The summed E-state index contributed by atoms with van der Waals surface area (Å²) in [5.41, 5.74) is -0.690. The van der Waals surface area contributed by atoms with Gasteiger partial charge in [-0.05, 0) is 26.2 Å². The van der Waals surface area contributed by atoms with Gasteiger partial charge in [0.2, 0.25) is 5.91 Å². The molecule has 1 rings (SSSR count). The molecule has 1 aliphatic rings. The Balaban J connectivity index is 2.47. The lowest BCUT2D eigenvalue weighted by atomic mass is 10.0. The van der Waals surface area contributed by atoms with E-state index in [9.17, 15) is 9.90 Å². The Labute approximate surface area is 73.2 Å². The highest BCUT2D eigenvalue weighted by molar-refractivity contribution is 5.76. The molecule has 0 spiro atoms. The zero-order chi connectivity index (χ0) is 9.19. The third-order valence-corrected chi connectivity index (χ3v) is 2.58. The van der Waals surface area contributed by atoms with Crippen LogP contribution in [0.25, 0.3) is 0 Å². The molecule has 0 bridgehead atoms. The van der Waals surface area contributed by atoms with Gasteiger partial charge in [-0.15, -0.1) is 0 Å². The molecular formula is C9H17NO2. The van der Waals surface area contributed by atoms with Gasteiger partial charge in [0, 0.05) is 6.42 Å². The summed E-state index contributed by atoms with van der Waals surface area (Å²) in [4.78, 5) is 11.0. The van der Waals surface area contributed by atoms with E-state index >= 15 is 0 Å². The Bertz CT molecular complexity index is 177. The van der Waals surface area contributed by atoms with Crippen LogP contribution in [0.3, 0.4) is 0 Å². The Morgan fingerprint density at radius 3 is 2.83 bits per heavy atom. The van der Waals surface area contributed by atoms with E-state index in [0.29, 0.717) is 6.42 Å². The average molecular weight is 171 g/mol. The van der Waals surface area contributed by atoms with Crippen molar-refractivity contribution >= 4 is 5.91 Å². The van der Waals surface area contributed by atoms with Gasteiger partial charge in [0.25, 0.3) is 0 Å². The predicted molar refractivity (Wildman–Crippen MR) is 46.7 cm³/mol. The topological polar surface area (TPSA) is 49.3 Å². The molecule has 0 aromatic carbocycles. The summed E-state index contributed by atoms with van der Waals surface area (Å²) in [7, 11) is 0. The molecule has 0 saturated heterocycles. The number of nitrogens with one attached hydrogen (secondary N) is 1. The lowest BCUT2D eigenvalue weighted by molar-refractivity contribution is -0.123. The standard InChI is InChI=1S/C9H17NO2/c1-3-8(11)10-7-5-4-6-9(7,2)12/h7,12H,3-6H2,1-2H3,(H,10,11)/t7-,9-/m1/s1. The molecule has 1 fully saturated rings. The third kappa shape index (κ3) is 1.97. The molecule has 3 heteroatoms. The normalized spacial score (nSPS) is 35.1. The van der Waals surface area contributed by atoms with Gasteiger partial charge in [-0.2, -0.15) is 0 Å². The zero-order valence-electron chi connectivity index (χ0n) is 7.76. The fraction of sp³-hybridized carbons (Fsp3) is 0.889. The van der Waals surface area contributed by atoms with Crippen molar-refractivity contribution < 1.29 is 9.90 Å². The monoisotopic (exact) mass is 171 g/mol. The minimum absolute atomic E-state index is 0.0298. The van der Waals surface area contributed by atoms with Gasteiger partial charge >= 0.3 is 0 Å². The lowest BCUT2D eigenvalue weighted by Crippen LogP contribution is -2.46. The molecule has 0 aromatic rings. The highest BCUT2D eigenvalue weighted by Gasteiger charge is 2.37. The molecular weight excluding hydrogens is 154 g/mol. The van der Waals surface area contributed by atoms with E-state index in [1.54, 1.807) is 6.92 Å². The molecule has 0 heterocycles. The fourth-order valence-electron chi connectivity index (χ4n) is 1.67. The molecule has 70 valence electrons. The number of carbonyl (C=O) groups excluding carboxylic acids is 1. The molecule has 1 saturated carbocycles. The second-order valence-electron chi connectivity index (χ2n) is 3.72. The largest absolute Gasteiger partial charge is 0.388 e. The molecule has 2 atom stereocenters. The van der Waals surface area contributed by atoms with Crippen LogP contribution < -0.4 is 5.32 Å². The number of rotatable bonds is 2. The summed E-state index contributed by atoms with van der Waals surface area (Å²) in [6.45, 7) is 3.61. The number of carbonyl (C=O) groups is 1. The van der Waals surface area contributed by atoms with Gasteiger partial charge in [-0.25, -0.2) is 0 Å². The number of hydrogen-bond acceptors (Lipinski definition) is 2. The maximum absolute atomic E-state index is 11.0. The SMILES string of the molecule is CCC(=O)N[C@@H]1CCC[C@@]1(C)O. The van der Waals surface area contributed by atoms with Crippen molar-refractivity contribution in [1.29, 1.82) is 0 Å². The summed E-state index contributed by atoms with van der Waals surface area (Å²) >= 11 is 0. The van der Waals surface area contributed by atoms with Gasteiger partial charge in [0.1, 0.15) is 0 Å². The zero-order valence-corrected chi connectivity index (χ0v) is 7.76. The fourth-order valence-corrected chi connectivity index (χ4v) is 1.67. The summed E-state index contributed by atoms with van der Waals surface area (Å²) in [5.74, 6) is 0.0298. The van der Waals surface area contributed by atoms with Crippen molar-refractivity contribution in [3.8, 4) is 0 Å². The van der Waals surface area contributed by atoms with Gasteiger partial charge in [0.05, 0.1) is 11.6 Å². The Morgan fingerprint density at radius 1 is 1.75 bits per heavy atom. The van der Waals surface area contributed by atoms with E-state index in [1.165, 1.54) is 0 Å². The second-order valence-corrected chi connectivity index (χ2v) is 3.72. The van der Waals surface area contributed by atoms with E-state index in [0.717, 1.165) is 19.3 Å². The number of hydrogen-bond donors (Lipinski definition) is 2. The molecule has 0 aliphatic heterocycles. The molecule has 1 amide bonds. The van der Waals surface area contributed by atoms with Crippen molar-refractivity contribution in [3.05, 3.63) is 0 Å². The molecule has 0 unspecified atom stereocenters. The van der Waals surface area contributed by atoms with Gasteiger partial charge in [-0.3, -0.25) is 4.79 Å². The van der Waals surface area contributed by atoms with E-state index in [2.05, 4.69) is 5.32 Å². The molecule has 2 N–H and O–H groups in total. The molecule has 0 radical (unpaired) electrons. The first-order chi connectivity index (χ1) is 5.56. The van der Waals surface area contributed by atoms with Crippen LogP contribution in [-0.4, -0.2) is 22.7 Å². The maximum atomic E-state index is 11.0. The molecule has 3 nitrogen and oxygen atoms in total. The number of aliphatic hydroxyl groups is 1. The van der Waals surface area contributed by atoms with E-state index < -0.39 is 5.60 Å². The van der Waals surface area contributed by atoms with Gasteiger partial charge in [-0.1, -0.05) is 6.92 Å². The van der Waals surface area contributed by atoms with Crippen LogP contribution in [-0.2, 0) is 4.79 Å². The minimum atomic E-state index is -0.690. The van der Waals surface area contributed by atoms with E-state index in [4.69, 9.17) is 0 Å². The summed E-state index contributed by atoms with van der Waals surface area (Å²) < 4.78 is 0. The third-order valence-electron chi connectivity index (χ3n) is 2.58. The molecule has 12 heavy (non-hydrogen) atoms. The van der Waals surface area contributed by atoms with Crippen molar-refractivity contribution in [2.24, 2.45) is 0 Å². The first kappa shape index (κ1) is 9.52. The van der Waals surface area contributed by atoms with Gasteiger partial charge in [0.15, 0.2) is 0 Å². The van der Waals surface area contributed by atoms with E-state index in [-0.39, 0.29) is 11.9 Å². The smallest absolute Gasteiger partial charge is 0.220 e. The predicted octanol–water partition coefficient (Wildman–Crippen LogP) is 0.816. The lowest BCUT2D eigenvalue weighted by Gasteiger charge is -2.26. The quantitative estimate of drug-likeness (QED) is 0.646. The second kappa shape index (κ2) is 3.44. The van der Waals surface area contributed by atoms with Crippen LogP contribution >= 0.6 is 0 Å². The van der Waals surface area contributed by atoms with Crippen LogP contribution in [0, 0.1) is 0 Å². The van der Waals surface area contributed by atoms with Crippen molar-refractivity contribution in [2.75, 3.05) is 0 Å². The van der Waals surface area contributed by atoms with Crippen molar-refractivity contribution in [3.63, 3.8) is 0 Å². The van der Waals surface area contributed by atoms with E-state index in [1.807, 2.05) is 6.92 Å². The summed E-state index contributed by atoms with van der Waals surface area (Å²) in [5, 5.41) is 12.6. The van der Waals surface area contributed by atoms with Crippen LogP contribution in [0.5, 0.6) is 0 Å². The number of amides is 1. The Kier molecular flexibility index (Phi) is 2.73. The molecule has 0 aromatic heterocycles. The summed E-state index contributed by atoms with van der Waals surface area (Å²) in [6, 6.07) is -0.0371.